The lowest BCUT2D eigenvalue weighted by atomic mass is 10.0. The zero-order valence-corrected chi connectivity index (χ0v) is 12.0. The molecule has 21 heavy (non-hydrogen) atoms. The predicted molar refractivity (Wildman–Crippen MR) is 84.1 cm³/mol. The first kappa shape index (κ1) is 13.7. The summed E-state index contributed by atoms with van der Waals surface area (Å²) in [7, 11) is 0. The van der Waals surface area contributed by atoms with Crippen molar-refractivity contribution in [3.63, 3.8) is 0 Å². The summed E-state index contributed by atoms with van der Waals surface area (Å²) in [6, 6.07) is 12.0. The third kappa shape index (κ3) is 2.52. The summed E-state index contributed by atoms with van der Waals surface area (Å²) in [5.74, 6) is 0.132. The van der Waals surface area contributed by atoms with E-state index in [4.69, 9.17) is 15.7 Å². The molecule has 5 nitrogen and oxygen atoms in total. The first-order valence-electron chi connectivity index (χ1n) is 7.07. The number of anilines is 1. The molecular weight excluding hydrogens is 266 g/mol. The minimum Gasteiger partial charge on any atom is -0.409 e. The molecule has 0 aromatic heterocycles. The maximum atomic E-state index is 8.94. The molecule has 1 fully saturated rings. The molecule has 0 radical (unpaired) electrons. The Kier molecular flexibility index (Phi) is 3.66. The second-order valence-electron chi connectivity index (χ2n) is 5.29. The first-order chi connectivity index (χ1) is 10.2. The fourth-order valence-corrected chi connectivity index (χ4v) is 2.87. The standard InChI is InChI=1S/C16H19N3O2/c1-11-10-19(8-9-21-11)15-7-6-14(16(17)18-20)12-4-2-3-5-13(12)15/h2-7,11,20H,8-10H2,1H3,(H2,17,18). The maximum absolute atomic E-state index is 8.94. The fourth-order valence-electron chi connectivity index (χ4n) is 2.87. The van der Waals surface area contributed by atoms with Crippen molar-refractivity contribution in [1.29, 1.82) is 0 Å². The van der Waals surface area contributed by atoms with Crippen molar-refractivity contribution in [2.45, 2.75) is 13.0 Å². The van der Waals surface area contributed by atoms with E-state index in [1.165, 1.54) is 0 Å². The van der Waals surface area contributed by atoms with E-state index in [-0.39, 0.29) is 11.9 Å². The van der Waals surface area contributed by atoms with Gasteiger partial charge in [0.2, 0.25) is 0 Å². The van der Waals surface area contributed by atoms with E-state index in [1.807, 2.05) is 30.3 Å². The van der Waals surface area contributed by atoms with E-state index >= 15 is 0 Å². The zero-order chi connectivity index (χ0) is 14.8. The van der Waals surface area contributed by atoms with E-state index in [0.717, 1.165) is 41.7 Å². The Balaban J connectivity index is 2.13. The number of hydrogen-bond donors (Lipinski definition) is 2. The third-order valence-corrected chi connectivity index (χ3v) is 3.87. The van der Waals surface area contributed by atoms with Gasteiger partial charge in [0.25, 0.3) is 0 Å². The van der Waals surface area contributed by atoms with E-state index < -0.39 is 0 Å². The number of morpholine rings is 1. The smallest absolute Gasteiger partial charge is 0.170 e. The van der Waals surface area contributed by atoms with Gasteiger partial charge >= 0.3 is 0 Å². The van der Waals surface area contributed by atoms with Crippen molar-refractivity contribution in [2.24, 2.45) is 10.9 Å². The molecular formula is C16H19N3O2. The van der Waals surface area contributed by atoms with Crippen molar-refractivity contribution in [2.75, 3.05) is 24.6 Å². The highest BCUT2D eigenvalue weighted by atomic mass is 16.5. The van der Waals surface area contributed by atoms with E-state index in [1.54, 1.807) is 0 Å². The second kappa shape index (κ2) is 5.61. The lowest BCUT2D eigenvalue weighted by molar-refractivity contribution is 0.0533. The second-order valence-corrected chi connectivity index (χ2v) is 5.29. The van der Waals surface area contributed by atoms with Crippen LogP contribution in [-0.2, 0) is 4.74 Å². The minimum atomic E-state index is 0.132. The Labute approximate surface area is 123 Å². The molecule has 3 rings (SSSR count). The number of hydrogen-bond acceptors (Lipinski definition) is 4. The van der Waals surface area contributed by atoms with Gasteiger partial charge in [-0.1, -0.05) is 29.4 Å². The van der Waals surface area contributed by atoms with Crippen LogP contribution in [0.25, 0.3) is 10.8 Å². The molecule has 2 aromatic carbocycles. The molecule has 0 aliphatic carbocycles. The zero-order valence-electron chi connectivity index (χ0n) is 12.0. The van der Waals surface area contributed by atoms with Gasteiger partial charge in [0.15, 0.2) is 5.84 Å². The highest BCUT2D eigenvalue weighted by Gasteiger charge is 2.19. The Hall–Kier alpha value is -2.27. The number of nitrogens with two attached hydrogens (primary N) is 1. The molecule has 5 heteroatoms. The van der Waals surface area contributed by atoms with Crippen molar-refractivity contribution >= 4 is 22.3 Å². The van der Waals surface area contributed by atoms with Crippen molar-refractivity contribution in [1.82, 2.24) is 0 Å². The number of fused-ring (bicyclic) bond motifs is 1. The van der Waals surface area contributed by atoms with Crippen molar-refractivity contribution in [3.8, 4) is 0 Å². The molecule has 1 heterocycles. The van der Waals surface area contributed by atoms with E-state index in [9.17, 15) is 0 Å². The van der Waals surface area contributed by atoms with Crippen LogP contribution in [0.2, 0.25) is 0 Å². The molecule has 1 saturated heterocycles. The monoisotopic (exact) mass is 285 g/mol. The summed E-state index contributed by atoms with van der Waals surface area (Å²) in [5, 5.41) is 14.2. The third-order valence-electron chi connectivity index (χ3n) is 3.87. The number of benzene rings is 2. The highest BCUT2D eigenvalue weighted by molar-refractivity contribution is 6.11. The normalized spacial score (nSPS) is 20.0. The molecule has 2 aromatic rings. The summed E-state index contributed by atoms with van der Waals surface area (Å²) in [6.45, 7) is 4.56. The van der Waals surface area contributed by atoms with Crippen LogP contribution in [0.5, 0.6) is 0 Å². The summed E-state index contributed by atoms with van der Waals surface area (Å²) in [4.78, 5) is 2.33. The Bertz CT molecular complexity index is 684. The molecule has 1 aliphatic heterocycles. The molecule has 0 spiro atoms. The van der Waals surface area contributed by atoms with Gasteiger partial charge in [-0.05, 0) is 24.4 Å². The lowest BCUT2D eigenvalue weighted by Gasteiger charge is -2.33. The lowest BCUT2D eigenvalue weighted by Crippen LogP contribution is -2.41. The van der Waals surface area contributed by atoms with Gasteiger partial charge in [0.05, 0.1) is 12.7 Å². The fraction of sp³-hybridized carbons (Fsp3) is 0.312. The van der Waals surface area contributed by atoms with Crippen LogP contribution in [-0.4, -0.2) is 36.8 Å². The predicted octanol–water partition coefficient (Wildman–Crippen LogP) is 2.16. The van der Waals surface area contributed by atoms with Crippen LogP contribution in [0.15, 0.2) is 41.6 Å². The van der Waals surface area contributed by atoms with Crippen LogP contribution in [0.3, 0.4) is 0 Å². The number of amidine groups is 1. The number of rotatable bonds is 2. The summed E-state index contributed by atoms with van der Waals surface area (Å²) >= 11 is 0. The van der Waals surface area contributed by atoms with Gasteiger partial charge in [-0.15, -0.1) is 0 Å². The number of nitrogens with zero attached hydrogens (tertiary/aromatic N) is 2. The molecule has 0 saturated carbocycles. The molecule has 1 atom stereocenters. The van der Waals surface area contributed by atoms with Crippen LogP contribution in [0.4, 0.5) is 5.69 Å². The minimum absolute atomic E-state index is 0.132. The molecule has 0 amide bonds. The topological polar surface area (TPSA) is 71.1 Å². The Morgan fingerprint density at radius 1 is 1.29 bits per heavy atom. The van der Waals surface area contributed by atoms with Crippen LogP contribution >= 0.6 is 0 Å². The van der Waals surface area contributed by atoms with Crippen molar-refractivity contribution < 1.29 is 9.94 Å². The summed E-state index contributed by atoms with van der Waals surface area (Å²) < 4.78 is 5.61. The molecule has 0 bridgehead atoms. The first-order valence-corrected chi connectivity index (χ1v) is 7.07. The molecule has 1 aliphatic rings. The van der Waals surface area contributed by atoms with Gasteiger partial charge < -0.3 is 20.6 Å². The van der Waals surface area contributed by atoms with E-state index in [0.29, 0.717) is 0 Å². The average molecular weight is 285 g/mol. The SMILES string of the molecule is CC1CN(c2ccc(/C(N)=N/O)c3ccccc23)CCO1. The molecule has 3 N–H and O–H groups in total. The van der Waals surface area contributed by atoms with Gasteiger partial charge in [0, 0.05) is 29.7 Å². The van der Waals surface area contributed by atoms with Crippen LogP contribution < -0.4 is 10.6 Å². The number of oxime groups is 1. The van der Waals surface area contributed by atoms with E-state index in [2.05, 4.69) is 23.0 Å². The van der Waals surface area contributed by atoms with Gasteiger partial charge in [-0.3, -0.25) is 0 Å². The highest BCUT2D eigenvalue weighted by Crippen LogP contribution is 2.30. The Morgan fingerprint density at radius 3 is 2.76 bits per heavy atom. The maximum Gasteiger partial charge on any atom is 0.170 e. The summed E-state index contributed by atoms with van der Waals surface area (Å²) in [6.07, 6.45) is 0.223. The molecule has 110 valence electrons. The average Bonchev–Trinajstić information content (AvgIpc) is 2.53. The summed E-state index contributed by atoms with van der Waals surface area (Å²) in [5.41, 5.74) is 7.69. The van der Waals surface area contributed by atoms with Gasteiger partial charge in [-0.2, -0.15) is 0 Å². The quantitative estimate of drug-likeness (QED) is 0.384. The molecule has 1 unspecified atom stereocenters. The van der Waals surface area contributed by atoms with Crippen molar-refractivity contribution in [3.05, 3.63) is 42.0 Å². The Morgan fingerprint density at radius 2 is 2.05 bits per heavy atom. The van der Waals surface area contributed by atoms with Gasteiger partial charge in [0.1, 0.15) is 0 Å². The van der Waals surface area contributed by atoms with Crippen LogP contribution in [0, 0.1) is 0 Å². The van der Waals surface area contributed by atoms with Crippen LogP contribution in [0.1, 0.15) is 12.5 Å². The number of ether oxygens (including phenoxy) is 1. The van der Waals surface area contributed by atoms with Gasteiger partial charge in [-0.25, -0.2) is 0 Å². The largest absolute Gasteiger partial charge is 0.409 e.